The highest BCUT2D eigenvalue weighted by Gasteiger charge is 2.26. The monoisotopic (exact) mass is 264 g/mol. The van der Waals surface area contributed by atoms with E-state index in [1.54, 1.807) is 0 Å². The van der Waals surface area contributed by atoms with Crippen molar-refractivity contribution in [3.05, 3.63) is 29.8 Å². The van der Waals surface area contributed by atoms with Gasteiger partial charge in [0.1, 0.15) is 12.4 Å². The first-order valence-corrected chi connectivity index (χ1v) is 6.88. The maximum Gasteiger partial charge on any atom is 0.123 e. The molecule has 0 saturated carbocycles. The van der Waals surface area contributed by atoms with Crippen molar-refractivity contribution in [2.45, 2.75) is 26.0 Å². The second kappa shape index (κ2) is 6.37. The lowest BCUT2D eigenvalue weighted by Crippen LogP contribution is -2.49. The Balaban J connectivity index is 1.80. The number of hydrogen-bond donors (Lipinski definition) is 1. The van der Waals surface area contributed by atoms with Crippen molar-refractivity contribution in [2.75, 3.05) is 32.8 Å². The highest BCUT2D eigenvalue weighted by Crippen LogP contribution is 2.18. The van der Waals surface area contributed by atoms with E-state index in [9.17, 15) is 0 Å². The van der Waals surface area contributed by atoms with Crippen molar-refractivity contribution < 1.29 is 9.47 Å². The third kappa shape index (κ3) is 4.20. The molecule has 0 unspecified atom stereocenters. The van der Waals surface area contributed by atoms with Gasteiger partial charge in [0, 0.05) is 31.7 Å². The minimum Gasteiger partial charge on any atom is -0.492 e. The van der Waals surface area contributed by atoms with Gasteiger partial charge in [-0.25, -0.2) is 0 Å². The van der Waals surface area contributed by atoms with Gasteiger partial charge in [0.2, 0.25) is 0 Å². The van der Waals surface area contributed by atoms with E-state index in [-0.39, 0.29) is 5.60 Å². The molecule has 1 aliphatic heterocycles. The summed E-state index contributed by atoms with van der Waals surface area (Å²) in [4.78, 5) is 2.38. The average Bonchev–Trinajstić information content (AvgIpc) is 2.38. The number of nitrogens with zero attached hydrogens (tertiary/aromatic N) is 1. The summed E-state index contributed by atoms with van der Waals surface area (Å²) < 4.78 is 11.5. The summed E-state index contributed by atoms with van der Waals surface area (Å²) in [6.07, 6.45) is 0. The number of hydrogen-bond acceptors (Lipinski definition) is 4. The molecule has 2 N–H and O–H groups in total. The van der Waals surface area contributed by atoms with Gasteiger partial charge in [0.15, 0.2) is 0 Å². The lowest BCUT2D eigenvalue weighted by molar-refractivity contribution is -0.0875. The standard InChI is InChI=1S/C15H24N2O2/c1-15(2)12-17(8-10-19-15)7-9-18-14-6-4-3-5-13(14)11-16/h3-6H,7-12,16H2,1-2H3. The Kier molecular flexibility index (Phi) is 4.80. The Labute approximate surface area is 115 Å². The van der Waals surface area contributed by atoms with E-state index >= 15 is 0 Å². The van der Waals surface area contributed by atoms with Gasteiger partial charge in [-0.1, -0.05) is 18.2 Å². The van der Waals surface area contributed by atoms with Crippen LogP contribution in [0.2, 0.25) is 0 Å². The van der Waals surface area contributed by atoms with Crippen LogP contribution < -0.4 is 10.5 Å². The fourth-order valence-corrected chi connectivity index (χ4v) is 2.40. The quantitative estimate of drug-likeness (QED) is 0.878. The van der Waals surface area contributed by atoms with Gasteiger partial charge in [0.25, 0.3) is 0 Å². The maximum absolute atomic E-state index is 5.84. The first-order chi connectivity index (χ1) is 9.11. The van der Waals surface area contributed by atoms with E-state index in [1.165, 1.54) is 0 Å². The summed E-state index contributed by atoms with van der Waals surface area (Å²) in [7, 11) is 0. The van der Waals surface area contributed by atoms with Crippen LogP contribution in [-0.4, -0.2) is 43.3 Å². The third-order valence-electron chi connectivity index (χ3n) is 3.36. The van der Waals surface area contributed by atoms with Crippen LogP contribution in [0.3, 0.4) is 0 Å². The Morgan fingerprint density at radius 3 is 2.89 bits per heavy atom. The molecule has 1 aliphatic rings. The van der Waals surface area contributed by atoms with Crippen LogP contribution in [0, 0.1) is 0 Å². The average molecular weight is 264 g/mol. The van der Waals surface area contributed by atoms with Crippen LogP contribution in [0.1, 0.15) is 19.4 Å². The largest absolute Gasteiger partial charge is 0.492 e. The predicted octanol–water partition coefficient (Wildman–Crippen LogP) is 1.63. The molecule has 1 heterocycles. The number of para-hydroxylation sites is 1. The summed E-state index contributed by atoms with van der Waals surface area (Å²) in [5, 5.41) is 0. The molecule has 4 nitrogen and oxygen atoms in total. The first-order valence-electron chi connectivity index (χ1n) is 6.88. The molecule has 0 aromatic heterocycles. The number of morpholine rings is 1. The summed E-state index contributed by atoms with van der Waals surface area (Å²) in [5.41, 5.74) is 6.71. The molecule has 106 valence electrons. The van der Waals surface area contributed by atoms with Crippen LogP contribution in [0.15, 0.2) is 24.3 Å². The van der Waals surface area contributed by atoms with Crippen LogP contribution in [0.4, 0.5) is 0 Å². The number of nitrogens with two attached hydrogens (primary N) is 1. The van der Waals surface area contributed by atoms with Crippen LogP contribution >= 0.6 is 0 Å². The van der Waals surface area contributed by atoms with Gasteiger partial charge in [-0.15, -0.1) is 0 Å². The molecule has 1 aromatic carbocycles. The molecule has 2 rings (SSSR count). The minimum absolute atomic E-state index is 0.0482. The van der Waals surface area contributed by atoms with E-state index in [2.05, 4.69) is 18.7 Å². The molecule has 0 spiro atoms. The van der Waals surface area contributed by atoms with Crippen molar-refractivity contribution >= 4 is 0 Å². The van der Waals surface area contributed by atoms with Gasteiger partial charge in [-0.2, -0.15) is 0 Å². The van der Waals surface area contributed by atoms with Crippen molar-refractivity contribution in [1.82, 2.24) is 4.90 Å². The van der Waals surface area contributed by atoms with Crippen molar-refractivity contribution in [3.63, 3.8) is 0 Å². The van der Waals surface area contributed by atoms with Crippen molar-refractivity contribution in [1.29, 1.82) is 0 Å². The van der Waals surface area contributed by atoms with Crippen molar-refractivity contribution in [3.8, 4) is 5.75 Å². The van der Waals surface area contributed by atoms with E-state index in [0.29, 0.717) is 13.2 Å². The Bertz CT molecular complexity index is 407. The lowest BCUT2D eigenvalue weighted by Gasteiger charge is -2.38. The highest BCUT2D eigenvalue weighted by molar-refractivity contribution is 5.32. The van der Waals surface area contributed by atoms with Gasteiger partial charge >= 0.3 is 0 Å². The van der Waals surface area contributed by atoms with Gasteiger partial charge < -0.3 is 15.2 Å². The van der Waals surface area contributed by atoms with Crippen molar-refractivity contribution in [2.24, 2.45) is 5.73 Å². The van der Waals surface area contributed by atoms with E-state index in [1.807, 2.05) is 24.3 Å². The second-order valence-corrected chi connectivity index (χ2v) is 5.54. The lowest BCUT2D eigenvalue weighted by atomic mass is 10.1. The number of benzene rings is 1. The summed E-state index contributed by atoms with van der Waals surface area (Å²) in [6.45, 7) is 9.11. The van der Waals surface area contributed by atoms with Gasteiger partial charge in [-0.3, -0.25) is 4.90 Å². The first kappa shape index (κ1) is 14.3. The zero-order chi connectivity index (χ0) is 13.7. The Morgan fingerprint density at radius 2 is 2.16 bits per heavy atom. The van der Waals surface area contributed by atoms with E-state index in [4.69, 9.17) is 15.2 Å². The van der Waals surface area contributed by atoms with E-state index < -0.39 is 0 Å². The zero-order valence-corrected chi connectivity index (χ0v) is 11.9. The fraction of sp³-hybridized carbons (Fsp3) is 0.600. The summed E-state index contributed by atoms with van der Waals surface area (Å²) in [5.74, 6) is 0.900. The maximum atomic E-state index is 5.84. The fourth-order valence-electron chi connectivity index (χ4n) is 2.40. The van der Waals surface area contributed by atoms with Crippen LogP contribution in [0.5, 0.6) is 5.75 Å². The highest BCUT2D eigenvalue weighted by atomic mass is 16.5. The predicted molar refractivity (Wildman–Crippen MR) is 76.3 cm³/mol. The Morgan fingerprint density at radius 1 is 1.37 bits per heavy atom. The zero-order valence-electron chi connectivity index (χ0n) is 11.9. The topological polar surface area (TPSA) is 47.7 Å². The van der Waals surface area contributed by atoms with Crippen LogP contribution in [-0.2, 0) is 11.3 Å². The SMILES string of the molecule is CC1(C)CN(CCOc2ccccc2CN)CCO1. The molecule has 1 aromatic rings. The molecule has 0 radical (unpaired) electrons. The molecule has 0 atom stereocenters. The molecule has 4 heteroatoms. The Hall–Kier alpha value is -1.10. The smallest absolute Gasteiger partial charge is 0.123 e. The molecule has 0 bridgehead atoms. The number of ether oxygens (including phenoxy) is 2. The molecule has 1 fully saturated rings. The minimum atomic E-state index is -0.0482. The molecular formula is C15H24N2O2. The normalized spacial score (nSPS) is 19.3. The molecule has 0 aliphatic carbocycles. The van der Waals surface area contributed by atoms with Gasteiger partial charge in [-0.05, 0) is 19.9 Å². The summed E-state index contributed by atoms with van der Waals surface area (Å²) in [6, 6.07) is 7.95. The van der Waals surface area contributed by atoms with Crippen LogP contribution in [0.25, 0.3) is 0 Å². The van der Waals surface area contributed by atoms with E-state index in [0.717, 1.165) is 37.6 Å². The molecule has 0 amide bonds. The second-order valence-electron chi connectivity index (χ2n) is 5.54. The molecular weight excluding hydrogens is 240 g/mol. The molecule has 1 saturated heterocycles. The third-order valence-corrected chi connectivity index (χ3v) is 3.36. The summed E-state index contributed by atoms with van der Waals surface area (Å²) >= 11 is 0. The van der Waals surface area contributed by atoms with Gasteiger partial charge in [0.05, 0.1) is 12.2 Å². The molecule has 19 heavy (non-hydrogen) atoms. The number of rotatable bonds is 5.